The molecule has 1 aliphatic rings. The molecule has 1 aromatic rings. The summed E-state index contributed by atoms with van der Waals surface area (Å²) in [6.07, 6.45) is 4.49. The smallest absolute Gasteiger partial charge is 0.0804 e. The number of aliphatic hydroxyl groups is 1. The number of benzene rings is 1. The molecule has 1 saturated heterocycles. The molecule has 1 aliphatic heterocycles. The topological polar surface area (TPSA) is 23.5 Å². The van der Waals surface area contributed by atoms with Crippen LogP contribution in [0.5, 0.6) is 0 Å². The summed E-state index contributed by atoms with van der Waals surface area (Å²) in [6, 6.07) is 7.01. The molecule has 2 nitrogen and oxygen atoms in total. The van der Waals surface area contributed by atoms with Crippen LogP contribution in [0.3, 0.4) is 0 Å². The molecule has 0 aliphatic carbocycles. The lowest BCUT2D eigenvalue weighted by Crippen LogP contribution is -2.38. The van der Waals surface area contributed by atoms with Crippen molar-refractivity contribution in [2.45, 2.75) is 58.6 Å². The van der Waals surface area contributed by atoms with Crippen LogP contribution in [0.1, 0.15) is 55.4 Å². The van der Waals surface area contributed by atoms with Gasteiger partial charge in [0.1, 0.15) is 0 Å². The average molecular weight is 261 g/mol. The summed E-state index contributed by atoms with van der Waals surface area (Å²) in [4.78, 5) is 2.52. The van der Waals surface area contributed by atoms with Gasteiger partial charge in [-0.2, -0.15) is 0 Å². The average Bonchev–Trinajstić information content (AvgIpc) is 2.37. The fourth-order valence-corrected chi connectivity index (χ4v) is 3.13. The Morgan fingerprint density at radius 3 is 2.79 bits per heavy atom. The summed E-state index contributed by atoms with van der Waals surface area (Å²) >= 11 is 0. The zero-order valence-electron chi connectivity index (χ0n) is 12.5. The van der Waals surface area contributed by atoms with Gasteiger partial charge >= 0.3 is 0 Å². The first-order valence-corrected chi connectivity index (χ1v) is 7.57. The van der Waals surface area contributed by atoms with Gasteiger partial charge in [-0.25, -0.2) is 0 Å². The van der Waals surface area contributed by atoms with Crippen LogP contribution in [0.2, 0.25) is 0 Å². The number of aliphatic hydroxyl groups excluding tert-OH is 1. The molecule has 19 heavy (non-hydrogen) atoms. The highest BCUT2D eigenvalue weighted by atomic mass is 16.3. The molecule has 0 spiro atoms. The van der Waals surface area contributed by atoms with Crippen LogP contribution in [0.25, 0.3) is 0 Å². The molecule has 2 unspecified atom stereocenters. The number of rotatable bonds is 4. The van der Waals surface area contributed by atoms with Crippen LogP contribution >= 0.6 is 0 Å². The normalized spacial score (nSPS) is 22.4. The van der Waals surface area contributed by atoms with Gasteiger partial charge in [0.15, 0.2) is 0 Å². The van der Waals surface area contributed by atoms with E-state index in [9.17, 15) is 5.11 Å². The SMILES string of the molecule is Cc1ccc(C(O)CCN2CCCCC2C)c(C)c1. The van der Waals surface area contributed by atoms with E-state index in [0.29, 0.717) is 6.04 Å². The maximum Gasteiger partial charge on any atom is 0.0804 e. The Hall–Kier alpha value is -0.860. The molecule has 1 aromatic carbocycles. The highest BCUT2D eigenvalue weighted by Gasteiger charge is 2.19. The zero-order valence-corrected chi connectivity index (χ0v) is 12.5. The molecule has 0 amide bonds. The second-order valence-electron chi connectivity index (χ2n) is 6.05. The van der Waals surface area contributed by atoms with E-state index < -0.39 is 0 Å². The Balaban J connectivity index is 1.91. The molecule has 0 radical (unpaired) electrons. The largest absolute Gasteiger partial charge is 0.388 e. The lowest BCUT2D eigenvalue weighted by atomic mass is 9.98. The highest BCUT2D eigenvalue weighted by molar-refractivity contribution is 5.31. The van der Waals surface area contributed by atoms with Crippen LogP contribution in [-0.4, -0.2) is 29.1 Å². The minimum atomic E-state index is -0.324. The second-order valence-corrected chi connectivity index (χ2v) is 6.05. The van der Waals surface area contributed by atoms with Crippen LogP contribution in [0.4, 0.5) is 0 Å². The summed E-state index contributed by atoms with van der Waals surface area (Å²) < 4.78 is 0. The summed E-state index contributed by atoms with van der Waals surface area (Å²) in [6.45, 7) is 8.70. The first kappa shape index (κ1) is 14.5. The van der Waals surface area contributed by atoms with Gasteiger partial charge in [0.25, 0.3) is 0 Å². The van der Waals surface area contributed by atoms with Gasteiger partial charge in [-0.1, -0.05) is 30.2 Å². The second kappa shape index (κ2) is 6.53. The van der Waals surface area contributed by atoms with Crippen LogP contribution in [0.15, 0.2) is 18.2 Å². The molecule has 1 fully saturated rings. The van der Waals surface area contributed by atoms with Crippen molar-refractivity contribution < 1.29 is 5.11 Å². The van der Waals surface area contributed by atoms with Crippen molar-refractivity contribution in [2.24, 2.45) is 0 Å². The molecule has 0 bridgehead atoms. The molecule has 1 heterocycles. The lowest BCUT2D eigenvalue weighted by Gasteiger charge is -2.33. The third kappa shape index (κ3) is 3.80. The maximum absolute atomic E-state index is 10.4. The molecule has 106 valence electrons. The first-order chi connectivity index (χ1) is 9.08. The van der Waals surface area contributed by atoms with Crippen molar-refractivity contribution >= 4 is 0 Å². The minimum absolute atomic E-state index is 0.324. The maximum atomic E-state index is 10.4. The summed E-state index contributed by atoms with van der Waals surface area (Å²) in [5, 5.41) is 10.4. The Kier molecular flexibility index (Phi) is 5.00. The van der Waals surface area contributed by atoms with E-state index in [1.807, 2.05) is 0 Å². The van der Waals surface area contributed by atoms with Gasteiger partial charge in [-0.3, -0.25) is 0 Å². The van der Waals surface area contributed by atoms with Gasteiger partial charge in [0.2, 0.25) is 0 Å². The first-order valence-electron chi connectivity index (χ1n) is 7.57. The van der Waals surface area contributed by atoms with Gasteiger partial charge in [-0.15, -0.1) is 0 Å². The fourth-order valence-electron chi connectivity index (χ4n) is 3.13. The van der Waals surface area contributed by atoms with Crippen molar-refractivity contribution in [1.29, 1.82) is 0 Å². The van der Waals surface area contributed by atoms with E-state index in [-0.39, 0.29) is 6.10 Å². The Morgan fingerprint density at radius 2 is 2.11 bits per heavy atom. The van der Waals surface area contributed by atoms with E-state index in [4.69, 9.17) is 0 Å². The van der Waals surface area contributed by atoms with Crippen molar-refractivity contribution in [3.8, 4) is 0 Å². The number of aryl methyl sites for hydroxylation is 2. The highest BCUT2D eigenvalue weighted by Crippen LogP contribution is 2.24. The third-order valence-corrected chi connectivity index (χ3v) is 4.41. The predicted molar refractivity (Wildman–Crippen MR) is 80.4 cm³/mol. The zero-order chi connectivity index (χ0) is 13.8. The monoisotopic (exact) mass is 261 g/mol. The molecular weight excluding hydrogens is 234 g/mol. The van der Waals surface area contributed by atoms with Gasteiger partial charge in [-0.05, 0) is 57.7 Å². The van der Waals surface area contributed by atoms with Crippen LogP contribution in [-0.2, 0) is 0 Å². The molecule has 0 saturated carbocycles. The Labute approximate surface area is 117 Å². The summed E-state index contributed by atoms with van der Waals surface area (Å²) in [7, 11) is 0. The van der Waals surface area contributed by atoms with Crippen molar-refractivity contribution in [3.05, 3.63) is 34.9 Å². The third-order valence-electron chi connectivity index (χ3n) is 4.41. The number of nitrogens with zero attached hydrogens (tertiary/aromatic N) is 1. The van der Waals surface area contributed by atoms with E-state index in [1.165, 1.54) is 36.9 Å². The number of piperidine rings is 1. The van der Waals surface area contributed by atoms with Crippen LogP contribution < -0.4 is 0 Å². The van der Waals surface area contributed by atoms with Crippen molar-refractivity contribution in [1.82, 2.24) is 4.90 Å². The Bertz CT molecular complexity index is 416. The predicted octanol–water partition coefficient (Wildman–Crippen LogP) is 3.60. The van der Waals surface area contributed by atoms with E-state index in [0.717, 1.165) is 18.5 Å². The number of hydrogen-bond donors (Lipinski definition) is 1. The van der Waals surface area contributed by atoms with Crippen molar-refractivity contribution in [3.63, 3.8) is 0 Å². The molecule has 0 aromatic heterocycles. The van der Waals surface area contributed by atoms with Crippen molar-refractivity contribution in [2.75, 3.05) is 13.1 Å². The molecule has 2 atom stereocenters. The molecular formula is C17H27NO. The van der Waals surface area contributed by atoms with Gasteiger partial charge in [0, 0.05) is 12.6 Å². The van der Waals surface area contributed by atoms with Gasteiger partial charge in [0.05, 0.1) is 6.10 Å². The molecule has 2 heteroatoms. The number of hydrogen-bond acceptors (Lipinski definition) is 2. The van der Waals surface area contributed by atoms with Gasteiger partial charge < -0.3 is 10.0 Å². The standard InChI is InChI=1S/C17H27NO/c1-13-7-8-16(14(2)12-13)17(19)9-11-18-10-5-4-6-15(18)3/h7-8,12,15,17,19H,4-6,9-11H2,1-3H3. The summed E-state index contributed by atoms with van der Waals surface area (Å²) in [5.41, 5.74) is 3.56. The molecule has 1 N–H and O–H groups in total. The fraction of sp³-hybridized carbons (Fsp3) is 0.647. The summed E-state index contributed by atoms with van der Waals surface area (Å²) in [5.74, 6) is 0. The minimum Gasteiger partial charge on any atom is -0.388 e. The Morgan fingerprint density at radius 1 is 1.32 bits per heavy atom. The lowest BCUT2D eigenvalue weighted by molar-refractivity contribution is 0.109. The van der Waals surface area contributed by atoms with E-state index >= 15 is 0 Å². The van der Waals surface area contributed by atoms with E-state index in [1.54, 1.807) is 0 Å². The number of likely N-dealkylation sites (tertiary alicyclic amines) is 1. The van der Waals surface area contributed by atoms with E-state index in [2.05, 4.69) is 43.9 Å². The van der Waals surface area contributed by atoms with Crippen LogP contribution in [0, 0.1) is 13.8 Å². The quantitative estimate of drug-likeness (QED) is 0.895. The molecule has 2 rings (SSSR count).